The number of esters is 1. The lowest BCUT2D eigenvalue weighted by Gasteiger charge is -2.13. The van der Waals surface area contributed by atoms with E-state index in [1.165, 1.54) is 37.3 Å². The lowest BCUT2D eigenvalue weighted by Crippen LogP contribution is -2.46. The van der Waals surface area contributed by atoms with Gasteiger partial charge in [0.15, 0.2) is 6.61 Å². The summed E-state index contributed by atoms with van der Waals surface area (Å²) < 4.78 is 33.1. The number of nitrogens with one attached hydrogen (secondary N) is 2. The Morgan fingerprint density at radius 1 is 1.19 bits per heavy atom. The van der Waals surface area contributed by atoms with Gasteiger partial charge in [-0.1, -0.05) is 19.1 Å². The number of carbonyl (C=O) groups excluding carboxylic acids is 3. The van der Waals surface area contributed by atoms with Crippen molar-refractivity contribution in [1.29, 1.82) is 0 Å². The lowest BCUT2D eigenvalue weighted by atomic mass is 10.2. The second-order valence-electron chi connectivity index (χ2n) is 5.47. The number of ether oxygens (including phenoxy) is 2. The molecule has 0 unspecified atom stereocenters. The van der Waals surface area contributed by atoms with Crippen LogP contribution in [0.2, 0.25) is 0 Å². The third-order valence-electron chi connectivity index (χ3n) is 3.18. The van der Waals surface area contributed by atoms with Crippen LogP contribution in [-0.4, -0.2) is 43.6 Å². The first-order valence-corrected chi connectivity index (χ1v) is 8.28. The van der Waals surface area contributed by atoms with E-state index in [4.69, 9.17) is 4.74 Å². The summed E-state index contributed by atoms with van der Waals surface area (Å²) in [6, 6.07) is 4.87. The van der Waals surface area contributed by atoms with Crippen LogP contribution in [0.25, 0.3) is 6.08 Å². The van der Waals surface area contributed by atoms with Gasteiger partial charge in [-0.15, -0.1) is 0 Å². The molecule has 148 valence electrons. The zero-order chi connectivity index (χ0) is 20.2. The number of carbonyl (C=O) groups is 3. The molecule has 1 aromatic rings. The number of hydrogen-bond donors (Lipinski definition) is 2. The van der Waals surface area contributed by atoms with Gasteiger partial charge in [0.25, 0.3) is 5.91 Å². The van der Waals surface area contributed by atoms with Crippen molar-refractivity contribution < 1.29 is 32.6 Å². The summed E-state index contributed by atoms with van der Waals surface area (Å²) in [6.45, 7) is 0.491. The number of benzene rings is 1. The molecule has 0 saturated heterocycles. The van der Waals surface area contributed by atoms with Crippen LogP contribution in [0.4, 0.5) is 8.78 Å². The van der Waals surface area contributed by atoms with Crippen molar-refractivity contribution in [3.05, 3.63) is 35.9 Å². The maximum Gasteiger partial charge on any atom is 0.387 e. The second-order valence-corrected chi connectivity index (χ2v) is 5.47. The zero-order valence-electron chi connectivity index (χ0n) is 15.0. The summed E-state index contributed by atoms with van der Waals surface area (Å²) in [5.74, 6) is -1.69. The van der Waals surface area contributed by atoms with E-state index in [1.807, 2.05) is 6.92 Å². The smallest absolute Gasteiger partial charge is 0.387 e. The van der Waals surface area contributed by atoms with Gasteiger partial charge >= 0.3 is 12.6 Å². The van der Waals surface area contributed by atoms with Gasteiger partial charge in [-0.05, 0) is 37.1 Å². The number of hydrogen-bond acceptors (Lipinski definition) is 5. The summed E-state index contributed by atoms with van der Waals surface area (Å²) in [4.78, 5) is 34.9. The van der Waals surface area contributed by atoms with Crippen molar-refractivity contribution >= 4 is 23.9 Å². The molecule has 0 heterocycles. The topological polar surface area (TPSA) is 93.7 Å². The Hall–Kier alpha value is -2.97. The molecular formula is C18H22F2N2O5. The van der Waals surface area contributed by atoms with Crippen molar-refractivity contribution in [2.24, 2.45) is 0 Å². The van der Waals surface area contributed by atoms with Gasteiger partial charge in [-0.3, -0.25) is 9.59 Å². The highest BCUT2D eigenvalue weighted by molar-refractivity contribution is 5.91. The molecule has 2 amide bonds. The van der Waals surface area contributed by atoms with Crippen molar-refractivity contribution in [1.82, 2.24) is 10.6 Å². The van der Waals surface area contributed by atoms with Crippen molar-refractivity contribution in [3.63, 3.8) is 0 Å². The molecule has 0 radical (unpaired) electrons. The van der Waals surface area contributed by atoms with E-state index in [0.717, 1.165) is 12.5 Å². The molecule has 0 spiro atoms. The molecule has 2 N–H and O–H groups in total. The summed E-state index contributed by atoms with van der Waals surface area (Å²) in [6.07, 6.45) is 3.26. The number of halogens is 2. The second kappa shape index (κ2) is 11.6. The van der Waals surface area contributed by atoms with Crippen LogP contribution in [0.3, 0.4) is 0 Å². The van der Waals surface area contributed by atoms with Crippen LogP contribution in [0, 0.1) is 0 Å². The molecule has 0 aliphatic heterocycles. The van der Waals surface area contributed by atoms with Crippen molar-refractivity contribution in [3.8, 4) is 5.75 Å². The summed E-state index contributed by atoms with van der Waals surface area (Å²) >= 11 is 0. The molecule has 1 atom stereocenters. The molecular weight excluding hydrogens is 362 g/mol. The Bertz CT molecular complexity index is 662. The van der Waals surface area contributed by atoms with Crippen LogP contribution in [0.15, 0.2) is 30.3 Å². The summed E-state index contributed by atoms with van der Waals surface area (Å²) in [5.41, 5.74) is 0.555. The minimum Gasteiger partial charge on any atom is -0.452 e. The molecule has 27 heavy (non-hydrogen) atoms. The van der Waals surface area contributed by atoms with E-state index in [2.05, 4.69) is 15.4 Å². The van der Waals surface area contributed by atoms with Gasteiger partial charge in [0.2, 0.25) is 5.91 Å². The number of alkyl halides is 2. The van der Waals surface area contributed by atoms with E-state index in [9.17, 15) is 23.2 Å². The van der Waals surface area contributed by atoms with Crippen LogP contribution in [0.5, 0.6) is 5.75 Å². The number of amides is 2. The van der Waals surface area contributed by atoms with Gasteiger partial charge in [-0.2, -0.15) is 8.78 Å². The largest absolute Gasteiger partial charge is 0.452 e. The predicted molar refractivity (Wildman–Crippen MR) is 94.0 cm³/mol. The maximum absolute atomic E-state index is 12.1. The van der Waals surface area contributed by atoms with Gasteiger partial charge in [0.05, 0.1) is 0 Å². The molecule has 9 heteroatoms. The van der Waals surface area contributed by atoms with E-state index in [1.54, 1.807) is 0 Å². The Morgan fingerprint density at radius 3 is 2.44 bits per heavy atom. The lowest BCUT2D eigenvalue weighted by molar-refractivity contribution is -0.144. The fraction of sp³-hybridized carbons (Fsp3) is 0.389. The van der Waals surface area contributed by atoms with Gasteiger partial charge in [0.1, 0.15) is 11.8 Å². The van der Waals surface area contributed by atoms with Crippen LogP contribution >= 0.6 is 0 Å². The molecule has 0 aliphatic rings. The van der Waals surface area contributed by atoms with Gasteiger partial charge < -0.3 is 20.1 Å². The van der Waals surface area contributed by atoms with Crippen LogP contribution < -0.4 is 15.4 Å². The minimum atomic E-state index is -2.91. The Kier molecular flexibility index (Phi) is 9.49. The van der Waals surface area contributed by atoms with E-state index in [0.29, 0.717) is 12.1 Å². The SMILES string of the molecule is CCCNC(=O)[C@H](C)NC(=O)COC(=O)/C=C/c1ccc(OC(F)F)cc1. The van der Waals surface area contributed by atoms with Crippen LogP contribution in [0.1, 0.15) is 25.8 Å². The first kappa shape index (κ1) is 22.1. The minimum absolute atomic E-state index is 0.00140. The van der Waals surface area contributed by atoms with Crippen molar-refractivity contribution in [2.75, 3.05) is 13.2 Å². The molecule has 0 fully saturated rings. The summed E-state index contributed by atoms with van der Waals surface area (Å²) in [5, 5.41) is 5.04. The third-order valence-corrected chi connectivity index (χ3v) is 3.18. The highest BCUT2D eigenvalue weighted by Crippen LogP contribution is 2.15. The fourth-order valence-corrected chi connectivity index (χ4v) is 1.86. The fourth-order valence-electron chi connectivity index (χ4n) is 1.86. The molecule has 0 aliphatic carbocycles. The first-order valence-electron chi connectivity index (χ1n) is 8.28. The zero-order valence-corrected chi connectivity index (χ0v) is 15.0. The van der Waals surface area contributed by atoms with E-state index >= 15 is 0 Å². The normalized spacial score (nSPS) is 11.9. The Balaban J connectivity index is 2.38. The van der Waals surface area contributed by atoms with E-state index < -0.39 is 31.1 Å². The summed E-state index contributed by atoms with van der Waals surface area (Å²) in [7, 11) is 0. The molecule has 1 rings (SSSR count). The maximum atomic E-state index is 12.1. The quantitative estimate of drug-likeness (QED) is 0.475. The van der Waals surface area contributed by atoms with Gasteiger partial charge in [0, 0.05) is 12.6 Å². The Morgan fingerprint density at radius 2 is 1.85 bits per heavy atom. The van der Waals surface area contributed by atoms with Crippen molar-refractivity contribution in [2.45, 2.75) is 32.9 Å². The van der Waals surface area contributed by atoms with Gasteiger partial charge in [-0.25, -0.2) is 4.79 Å². The first-order chi connectivity index (χ1) is 12.8. The molecule has 0 bridgehead atoms. The highest BCUT2D eigenvalue weighted by atomic mass is 19.3. The third kappa shape index (κ3) is 9.34. The molecule has 1 aromatic carbocycles. The molecule has 7 nitrogen and oxygen atoms in total. The Labute approximate surface area is 155 Å². The van der Waals surface area contributed by atoms with Crippen LogP contribution in [-0.2, 0) is 19.1 Å². The molecule has 0 saturated carbocycles. The predicted octanol–water partition coefficient (Wildman–Crippen LogP) is 1.88. The molecule has 0 aromatic heterocycles. The van der Waals surface area contributed by atoms with E-state index in [-0.39, 0.29) is 11.7 Å². The highest BCUT2D eigenvalue weighted by Gasteiger charge is 2.15. The average Bonchev–Trinajstić information content (AvgIpc) is 2.63. The average molecular weight is 384 g/mol. The monoisotopic (exact) mass is 384 g/mol. The number of rotatable bonds is 10. The standard InChI is InChI=1S/C18H22F2N2O5/c1-3-10-21-17(25)12(2)22-15(23)11-26-16(24)9-6-13-4-7-14(8-5-13)27-18(19)20/h4-9,12,18H,3,10-11H2,1-2H3,(H,21,25)(H,22,23)/b9-6+/t12-/m0/s1.